The van der Waals surface area contributed by atoms with Gasteiger partial charge in [0.05, 0.1) is 42.2 Å². The Balaban J connectivity index is 2.58. The minimum atomic E-state index is -1.29. The number of oxime groups is 1. The van der Waals surface area contributed by atoms with Crippen LogP contribution in [0.2, 0.25) is 5.02 Å². The third-order valence-corrected chi connectivity index (χ3v) is 4.19. The van der Waals surface area contributed by atoms with Crippen LogP contribution in [0.25, 0.3) is 0 Å². The summed E-state index contributed by atoms with van der Waals surface area (Å²) in [6, 6.07) is 6.49. The lowest BCUT2D eigenvalue weighted by Gasteiger charge is -2.30. The first kappa shape index (κ1) is 19.5. The molecule has 0 aromatic heterocycles. The lowest BCUT2D eigenvalue weighted by Crippen LogP contribution is -2.33. The molecule has 0 saturated carbocycles. The van der Waals surface area contributed by atoms with Crippen LogP contribution in [0.4, 0.5) is 0 Å². The Bertz CT molecular complexity index is 815. The van der Waals surface area contributed by atoms with E-state index in [1.165, 1.54) is 0 Å². The molecule has 0 radical (unpaired) electrons. The lowest BCUT2D eigenvalue weighted by molar-refractivity contribution is -0.133. The van der Waals surface area contributed by atoms with Crippen molar-refractivity contribution >= 4 is 29.8 Å². The normalized spacial score (nSPS) is 17.5. The Morgan fingerprint density at radius 3 is 2.50 bits per heavy atom. The number of halogens is 1. The summed E-state index contributed by atoms with van der Waals surface area (Å²) in [7, 11) is 0. The van der Waals surface area contributed by atoms with Gasteiger partial charge in [-0.2, -0.15) is 0 Å². The quantitative estimate of drug-likeness (QED) is 0.247. The minimum Gasteiger partial charge on any atom is -0.478 e. The van der Waals surface area contributed by atoms with Gasteiger partial charge >= 0.3 is 11.9 Å². The maximum absolute atomic E-state index is 11.9. The summed E-state index contributed by atoms with van der Waals surface area (Å²) in [5.74, 6) is -3.60. The number of carboxylic acids is 2. The number of nitrogens with one attached hydrogen (secondary N) is 1. The van der Waals surface area contributed by atoms with E-state index < -0.39 is 17.9 Å². The van der Waals surface area contributed by atoms with Crippen LogP contribution in [0.3, 0.4) is 0 Å². The van der Waals surface area contributed by atoms with Gasteiger partial charge in [0.1, 0.15) is 0 Å². The maximum atomic E-state index is 11.9. The van der Waals surface area contributed by atoms with Crippen molar-refractivity contribution in [3.05, 3.63) is 57.4 Å². The third kappa shape index (κ3) is 4.04. The summed E-state index contributed by atoms with van der Waals surface area (Å²) in [5.41, 5.74) is 0.607. The first-order valence-corrected chi connectivity index (χ1v) is 7.91. The fourth-order valence-corrected chi connectivity index (χ4v) is 3.06. The van der Waals surface area contributed by atoms with Gasteiger partial charge in [-0.3, -0.25) is 0 Å². The number of rotatable bonds is 7. The van der Waals surface area contributed by atoms with Gasteiger partial charge in [-0.15, -0.1) is 0 Å². The Labute approximate surface area is 154 Å². The van der Waals surface area contributed by atoms with Gasteiger partial charge < -0.3 is 25.5 Å². The molecule has 26 heavy (non-hydrogen) atoms. The number of hydrogen-bond donors (Lipinski definition) is 4. The number of carboxylic acid groups (broad SMARTS) is 2. The number of hydrogen-bond acceptors (Lipinski definition) is 6. The molecule has 4 N–H and O–H groups in total. The molecular weight excluding hydrogens is 364 g/mol. The van der Waals surface area contributed by atoms with Crippen molar-refractivity contribution < 1.29 is 29.7 Å². The Kier molecular flexibility index (Phi) is 6.37. The van der Waals surface area contributed by atoms with Crippen LogP contribution in [0.15, 0.2) is 52.0 Å². The standard InChI is InChI=1S/C17H17ClN2O6/c1-9-13(16(21)22)14(10-4-2-3-5-11(10)18)15(17(23)24)12(20-9)8-26-7-6-19-25/h2-6,14,20,25H,7-8H2,1H3,(H,21,22)(H,23,24)/b19-6+. The van der Waals surface area contributed by atoms with Gasteiger partial charge in [0.25, 0.3) is 0 Å². The van der Waals surface area contributed by atoms with Crippen molar-refractivity contribution in [2.45, 2.75) is 12.8 Å². The SMILES string of the molecule is CC1=C(C(=O)O)C(c2ccccc2Cl)C(C(=O)O)=C(COC/C=N/O)N1. The molecule has 138 valence electrons. The van der Waals surface area contributed by atoms with Gasteiger partial charge in [-0.25, -0.2) is 9.59 Å². The van der Waals surface area contributed by atoms with Gasteiger partial charge in [0.2, 0.25) is 0 Å². The summed E-state index contributed by atoms with van der Waals surface area (Å²) < 4.78 is 5.26. The molecule has 1 aliphatic heterocycles. The van der Waals surface area contributed by atoms with Crippen molar-refractivity contribution in [3.8, 4) is 0 Å². The van der Waals surface area contributed by atoms with Crippen LogP contribution < -0.4 is 5.32 Å². The predicted molar refractivity (Wildman–Crippen MR) is 93.4 cm³/mol. The molecule has 1 aromatic rings. The highest BCUT2D eigenvalue weighted by Gasteiger charge is 2.38. The van der Waals surface area contributed by atoms with E-state index >= 15 is 0 Å². The first-order chi connectivity index (χ1) is 12.4. The second kappa shape index (κ2) is 8.50. The number of carbonyl (C=O) groups is 2. The van der Waals surface area contributed by atoms with Crippen molar-refractivity contribution in [1.82, 2.24) is 5.32 Å². The predicted octanol–water partition coefficient (Wildman–Crippen LogP) is 2.20. The van der Waals surface area contributed by atoms with Crippen LogP contribution in [0.5, 0.6) is 0 Å². The first-order valence-electron chi connectivity index (χ1n) is 7.54. The average Bonchev–Trinajstić information content (AvgIpc) is 2.57. The highest BCUT2D eigenvalue weighted by molar-refractivity contribution is 6.31. The Morgan fingerprint density at radius 1 is 1.27 bits per heavy atom. The lowest BCUT2D eigenvalue weighted by atomic mass is 9.80. The van der Waals surface area contributed by atoms with Crippen molar-refractivity contribution in [3.63, 3.8) is 0 Å². The van der Waals surface area contributed by atoms with Gasteiger partial charge in [0.15, 0.2) is 0 Å². The maximum Gasteiger partial charge on any atom is 0.334 e. The van der Waals surface area contributed by atoms with Crippen molar-refractivity contribution in [1.29, 1.82) is 0 Å². The van der Waals surface area contributed by atoms with E-state index in [0.29, 0.717) is 11.3 Å². The molecule has 1 aromatic carbocycles. The largest absolute Gasteiger partial charge is 0.478 e. The Morgan fingerprint density at radius 2 is 1.92 bits per heavy atom. The molecular formula is C17H17ClN2O6. The van der Waals surface area contributed by atoms with E-state index in [9.17, 15) is 19.8 Å². The van der Waals surface area contributed by atoms with Crippen LogP contribution in [0.1, 0.15) is 18.4 Å². The van der Waals surface area contributed by atoms with E-state index in [1.807, 2.05) is 0 Å². The van der Waals surface area contributed by atoms with Crippen LogP contribution >= 0.6 is 11.6 Å². The van der Waals surface area contributed by atoms with Crippen LogP contribution in [-0.2, 0) is 14.3 Å². The monoisotopic (exact) mass is 380 g/mol. The molecule has 9 heteroatoms. The number of aliphatic carboxylic acids is 2. The Hall–Kier alpha value is -2.84. The van der Waals surface area contributed by atoms with Gasteiger partial charge in [-0.1, -0.05) is 35.0 Å². The summed E-state index contributed by atoms with van der Waals surface area (Å²) in [5, 5.41) is 33.6. The molecule has 1 aliphatic rings. The number of allylic oxidation sites excluding steroid dienone is 1. The van der Waals surface area contributed by atoms with E-state index in [-0.39, 0.29) is 35.1 Å². The number of ether oxygens (including phenoxy) is 1. The summed E-state index contributed by atoms with van der Waals surface area (Å²) in [4.78, 5) is 23.7. The summed E-state index contributed by atoms with van der Waals surface area (Å²) in [6.45, 7) is 1.36. The van der Waals surface area contributed by atoms with Crippen molar-refractivity contribution in [2.24, 2.45) is 5.16 Å². The summed E-state index contributed by atoms with van der Waals surface area (Å²) >= 11 is 6.21. The third-order valence-electron chi connectivity index (χ3n) is 3.84. The highest BCUT2D eigenvalue weighted by atomic mass is 35.5. The zero-order chi connectivity index (χ0) is 19.3. The van der Waals surface area contributed by atoms with Crippen LogP contribution in [-0.4, -0.2) is 46.8 Å². The average molecular weight is 381 g/mol. The molecule has 0 saturated heterocycles. The molecule has 8 nitrogen and oxygen atoms in total. The highest BCUT2D eigenvalue weighted by Crippen LogP contribution is 2.40. The van der Waals surface area contributed by atoms with E-state index in [1.54, 1.807) is 31.2 Å². The molecule has 1 heterocycles. The molecule has 0 aliphatic carbocycles. The number of dihydropyridines is 1. The number of benzene rings is 1. The molecule has 2 rings (SSSR count). The fourth-order valence-electron chi connectivity index (χ4n) is 2.81. The smallest absolute Gasteiger partial charge is 0.334 e. The van der Waals surface area contributed by atoms with E-state index in [0.717, 1.165) is 6.21 Å². The second-order valence-electron chi connectivity index (χ2n) is 5.43. The topological polar surface area (TPSA) is 128 Å². The van der Waals surface area contributed by atoms with Crippen molar-refractivity contribution in [2.75, 3.05) is 13.2 Å². The molecule has 1 atom stereocenters. The van der Waals surface area contributed by atoms with E-state index in [4.69, 9.17) is 21.5 Å². The zero-order valence-electron chi connectivity index (χ0n) is 13.8. The van der Waals surface area contributed by atoms with Gasteiger partial charge in [0, 0.05) is 10.7 Å². The minimum absolute atomic E-state index is 0.0418. The van der Waals surface area contributed by atoms with Gasteiger partial charge in [-0.05, 0) is 18.6 Å². The number of nitrogens with zero attached hydrogens (tertiary/aromatic N) is 1. The van der Waals surface area contributed by atoms with E-state index in [2.05, 4.69) is 10.5 Å². The molecule has 0 fully saturated rings. The molecule has 0 spiro atoms. The fraction of sp³-hybridized carbons (Fsp3) is 0.235. The summed E-state index contributed by atoms with van der Waals surface area (Å²) in [6.07, 6.45) is 1.10. The second-order valence-corrected chi connectivity index (χ2v) is 5.84. The zero-order valence-corrected chi connectivity index (χ0v) is 14.5. The van der Waals surface area contributed by atoms with Crippen LogP contribution in [0, 0.1) is 0 Å². The molecule has 1 unspecified atom stereocenters. The molecule has 0 amide bonds. The molecule has 0 bridgehead atoms.